The highest BCUT2D eigenvalue weighted by atomic mass is 19.2. The largest absolute Gasteiger partial charge is 0.328 e. The minimum Gasteiger partial charge on any atom is -0.328 e. The van der Waals surface area contributed by atoms with E-state index in [4.69, 9.17) is 5.73 Å². The van der Waals surface area contributed by atoms with Gasteiger partial charge in [-0.05, 0) is 44.9 Å². The van der Waals surface area contributed by atoms with Gasteiger partial charge in [-0.3, -0.25) is 0 Å². The molecule has 0 bridgehead atoms. The van der Waals surface area contributed by atoms with Crippen LogP contribution in [0.3, 0.4) is 0 Å². The molecule has 0 fully saturated rings. The van der Waals surface area contributed by atoms with Crippen LogP contribution in [0.4, 0.5) is 17.6 Å². The predicted molar refractivity (Wildman–Crippen MR) is 71.2 cm³/mol. The van der Waals surface area contributed by atoms with Crippen LogP contribution in [0, 0.1) is 5.92 Å². The average molecular weight is 285 g/mol. The van der Waals surface area contributed by atoms with Gasteiger partial charge in [0, 0.05) is 6.04 Å². The van der Waals surface area contributed by atoms with E-state index in [0.29, 0.717) is 12.3 Å². The molecule has 19 heavy (non-hydrogen) atoms. The van der Waals surface area contributed by atoms with Crippen LogP contribution >= 0.6 is 0 Å². The molecule has 0 aliphatic heterocycles. The topological polar surface area (TPSA) is 26.0 Å². The van der Waals surface area contributed by atoms with Crippen molar-refractivity contribution in [2.24, 2.45) is 11.7 Å². The van der Waals surface area contributed by atoms with E-state index in [1.165, 1.54) is 0 Å². The average Bonchev–Trinajstić information content (AvgIpc) is 2.32. The third kappa shape index (κ3) is 9.25. The molecular formula is C14H27F4N. The zero-order chi connectivity index (χ0) is 15.0. The molecular weight excluding hydrogens is 258 g/mol. The Kier molecular flexibility index (Phi) is 9.40. The van der Waals surface area contributed by atoms with E-state index in [9.17, 15) is 17.6 Å². The fourth-order valence-corrected chi connectivity index (χ4v) is 1.83. The maximum absolute atomic E-state index is 13.6. The summed E-state index contributed by atoms with van der Waals surface area (Å²) in [6.45, 7) is 5.15. The molecule has 0 heterocycles. The Labute approximate surface area is 113 Å². The van der Waals surface area contributed by atoms with Crippen molar-refractivity contribution in [1.82, 2.24) is 0 Å². The standard InChI is InChI=1S/C14H27F4N/c1-9(2)4-5-11(19)8-14(18)13(17)7-6-12(16)10(3)15/h9-14H,4-8,19H2,1-3H3. The number of alkyl halides is 4. The molecule has 0 aromatic rings. The fraction of sp³-hybridized carbons (Fsp3) is 1.00. The monoisotopic (exact) mass is 285 g/mol. The Hall–Kier alpha value is -0.320. The minimum absolute atomic E-state index is 0.0595. The van der Waals surface area contributed by atoms with Gasteiger partial charge < -0.3 is 5.73 Å². The molecule has 116 valence electrons. The lowest BCUT2D eigenvalue weighted by atomic mass is 9.97. The summed E-state index contributed by atoms with van der Waals surface area (Å²) in [4.78, 5) is 0. The maximum atomic E-state index is 13.6. The molecule has 0 spiro atoms. The molecule has 5 atom stereocenters. The number of halogens is 4. The highest BCUT2D eigenvalue weighted by molar-refractivity contribution is 4.76. The first-order valence-corrected chi connectivity index (χ1v) is 7.05. The first kappa shape index (κ1) is 18.7. The van der Waals surface area contributed by atoms with E-state index in [0.717, 1.165) is 13.3 Å². The number of nitrogens with two attached hydrogens (primary N) is 1. The summed E-state index contributed by atoms with van der Waals surface area (Å²) in [6, 6.07) is -0.378. The summed E-state index contributed by atoms with van der Waals surface area (Å²) in [5.41, 5.74) is 5.72. The predicted octanol–water partition coefficient (Wildman–Crippen LogP) is 4.29. The van der Waals surface area contributed by atoms with E-state index >= 15 is 0 Å². The third-order valence-electron chi connectivity index (χ3n) is 3.25. The molecule has 0 aromatic heterocycles. The van der Waals surface area contributed by atoms with E-state index in [-0.39, 0.29) is 25.3 Å². The van der Waals surface area contributed by atoms with Gasteiger partial charge in [0.25, 0.3) is 0 Å². The molecule has 0 aliphatic rings. The summed E-state index contributed by atoms with van der Waals surface area (Å²) >= 11 is 0. The minimum atomic E-state index is -1.76. The second-order valence-electron chi connectivity index (χ2n) is 5.77. The van der Waals surface area contributed by atoms with Crippen molar-refractivity contribution in [3.63, 3.8) is 0 Å². The Morgan fingerprint density at radius 2 is 1.26 bits per heavy atom. The summed E-state index contributed by atoms with van der Waals surface area (Å²) in [5, 5.41) is 0. The van der Waals surface area contributed by atoms with Crippen molar-refractivity contribution in [3.05, 3.63) is 0 Å². The van der Waals surface area contributed by atoms with Crippen molar-refractivity contribution < 1.29 is 17.6 Å². The molecule has 5 unspecified atom stereocenters. The van der Waals surface area contributed by atoms with E-state index in [1.54, 1.807) is 0 Å². The van der Waals surface area contributed by atoms with Gasteiger partial charge in [0.2, 0.25) is 0 Å². The molecule has 0 rings (SSSR count). The molecule has 2 N–H and O–H groups in total. The zero-order valence-corrected chi connectivity index (χ0v) is 12.1. The highest BCUT2D eigenvalue weighted by Crippen LogP contribution is 2.20. The smallest absolute Gasteiger partial charge is 0.133 e. The van der Waals surface area contributed by atoms with Crippen molar-refractivity contribution in [3.8, 4) is 0 Å². The van der Waals surface area contributed by atoms with Gasteiger partial charge in [0.15, 0.2) is 0 Å². The van der Waals surface area contributed by atoms with Crippen LogP contribution in [0.25, 0.3) is 0 Å². The molecule has 0 amide bonds. The van der Waals surface area contributed by atoms with Crippen LogP contribution in [0.15, 0.2) is 0 Å². The summed E-state index contributed by atoms with van der Waals surface area (Å²) in [6.07, 6.45) is -5.94. The first-order chi connectivity index (χ1) is 8.73. The van der Waals surface area contributed by atoms with Gasteiger partial charge in [-0.1, -0.05) is 13.8 Å². The quantitative estimate of drug-likeness (QED) is 0.595. The lowest BCUT2D eigenvalue weighted by Gasteiger charge is -2.19. The van der Waals surface area contributed by atoms with E-state index < -0.39 is 24.7 Å². The third-order valence-corrected chi connectivity index (χ3v) is 3.25. The molecule has 0 saturated heterocycles. The second-order valence-corrected chi connectivity index (χ2v) is 5.77. The van der Waals surface area contributed by atoms with Gasteiger partial charge in [-0.15, -0.1) is 0 Å². The van der Waals surface area contributed by atoms with Crippen LogP contribution in [0.2, 0.25) is 0 Å². The van der Waals surface area contributed by atoms with Crippen molar-refractivity contribution in [1.29, 1.82) is 0 Å². The first-order valence-electron chi connectivity index (χ1n) is 7.05. The molecule has 1 nitrogen and oxygen atoms in total. The Morgan fingerprint density at radius 1 is 0.737 bits per heavy atom. The van der Waals surface area contributed by atoms with Crippen molar-refractivity contribution >= 4 is 0 Å². The highest BCUT2D eigenvalue weighted by Gasteiger charge is 2.25. The van der Waals surface area contributed by atoms with Gasteiger partial charge in [0.1, 0.15) is 24.7 Å². The normalized spacial score (nSPS) is 20.1. The van der Waals surface area contributed by atoms with Gasteiger partial charge in [-0.25, -0.2) is 17.6 Å². The van der Waals surface area contributed by atoms with Crippen LogP contribution in [0.1, 0.15) is 52.9 Å². The second kappa shape index (κ2) is 9.56. The summed E-state index contributed by atoms with van der Waals surface area (Å²) < 4.78 is 52.5. The molecule has 5 heteroatoms. The van der Waals surface area contributed by atoms with Crippen molar-refractivity contribution in [2.45, 2.75) is 83.6 Å². The lowest BCUT2D eigenvalue weighted by Crippen LogP contribution is -2.30. The van der Waals surface area contributed by atoms with Gasteiger partial charge in [-0.2, -0.15) is 0 Å². The molecule has 0 radical (unpaired) electrons. The van der Waals surface area contributed by atoms with Crippen LogP contribution in [0.5, 0.6) is 0 Å². The number of hydrogen-bond donors (Lipinski definition) is 1. The van der Waals surface area contributed by atoms with Crippen LogP contribution in [-0.4, -0.2) is 30.7 Å². The Bertz CT molecular complexity index is 223. The van der Waals surface area contributed by atoms with Crippen molar-refractivity contribution in [2.75, 3.05) is 0 Å². The Morgan fingerprint density at radius 3 is 1.74 bits per heavy atom. The van der Waals surface area contributed by atoms with Crippen LogP contribution in [-0.2, 0) is 0 Å². The fourth-order valence-electron chi connectivity index (χ4n) is 1.83. The van der Waals surface area contributed by atoms with Gasteiger partial charge in [0.05, 0.1) is 0 Å². The molecule has 0 saturated carbocycles. The number of rotatable bonds is 10. The van der Waals surface area contributed by atoms with Gasteiger partial charge >= 0.3 is 0 Å². The summed E-state index contributed by atoms with van der Waals surface area (Å²) in [5.74, 6) is 0.476. The van der Waals surface area contributed by atoms with E-state index in [2.05, 4.69) is 0 Å². The van der Waals surface area contributed by atoms with E-state index in [1.807, 2.05) is 13.8 Å². The number of hydrogen-bond acceptors (Lipinski definition) is 1. The lowest BCUT2D eigenvalue weighted by molar-refractivity contribution is 0.111. The summed E-state index contributed by atoms with van der Waals surface area (Å²) in [7, 11) is 0. The maximum Gasteiger partial charge on any atom is 0.133 e. The SMILES string of the molecule is CC(C)CCC(N)CC(F)C(F)CCC(F)C(C)F. The van der Waals surface area contributed by atoms with Crippen LogP contribution < -0.4 is 5.73 Å². The Balaban J connectivity index is 3.89. The molecule has 0 aromatic carbocycles. The zero-order valence-electron chi connectivity index (χ0n) is 12.1. The molecule has 0 aliphatic carbocycles.